The zero-order chi connectivity index (χ0) is 19.7. The average Bonchev–Trinajstić information content (AvgIpc) is 2.63. The molecule has 0 amide bonds. The van der Waals surface area contributed by atoms with Gasteiger partial charge >= 0.3 is 7.82 Å². The zero-order valence-electron chi connectivity index (χ0n) is 18.9. The fraction of sp³-hybridized carbons (Fsp3) is 1.00. The Morgan fingerprint density at radius 1 is 0.630 bits per heavy atom. The molecule has 0 aromatic heterocycles. The molecule has 0 aromatic rings. The maximum absolute atomic E-state index is 13.4. The van der Waals surface area contributed by atoms with E-state index in [1.165, 1.54) is 0 Å². The molecule has 0 bridgehead atoms. The molecule has 0 fully saturated rings. The predicted octanol–water partition coefficient (Wildman–Crippen LogP) is 8.22. The number of hydrogen-bond donors (Lipinski definition) is 1. The minimum Gasteiger partial charge on any atom is -0.344 e. The molecule has 0 aliphatic carbocycles. The molecule has 0 rings (SSSR count). The predicted molar refractivity (Wildman–Crippen MR) is 117 cm³/mol. The van der Waals surface area contributed by atoms with E-state index in [-0.39, 0.29) is 11.8 Å². The molecule has 0 radical (unpaired) electrons. The Bertz CT molecular complexity index is 330. The van der Waals surface area contributed by atoms with Gasteiger partial charge in [0.15, 0.2) is 0 Å². The van der Waals surface area contributed by atoms with Crippen LogP contribution in [0.3, 0.4) is 0 Å². The van der Waals surface area contributed by atoms with Crippen molar-refractivity contribution >= 4 is 7.82 Å². The first-order chi connectivity index (χ1) is 12.5. The Kier molecular flexibility index (Phi) is 19.6. The number of phosphoric acid groups is 1. The van der Waals surface area contributed by atoms with Crippen LogP contribution in [0.4, 0.5) is 0 Å². The summed E-state index contributed by atoms with van der Waals surface area (Å²) in [6.07, 6.45) is 13.1. The second kappa shape index (κ2) is 18.1. The number of rotatable bonds is 19. The Balaban J connectivity index is 0. The summed E-state index contributed by atoms with van der Waals surface area (Å²) in [7, 11) is -3.52. The zero-order valence-corrected chi connectivity index (χ0v) is 19.8. The molecule has 0 aliphatic heterocycles. The standard InChI is InChI=1S/C21H45O4P.H3N/c1-6-11-16-21(17-12-7-2,18-13-8-3)25-26(22,23-19-14-9-4)24-20-15-10-5;/h6-20H2,1-5H3;1H3. The van der Waals surface area contributed by atoms with Crippen LogP contribution in [0.25, 0.3) is 0 Å². The summed E-state index contributed by atoms with van der Waals surface area (Å²) < 4.78 is 31.2. The molecule has 0 unspecified atom stereocenters. The molecule has 0 saturated carbocycles. The van der Waals surface area contributed by atoms with Gasteiger partial charge in [0.05, 0.1) is 18.8 Å². The third kappa shape index (κ3) is 13.8. The van der Waals surface area contributed by atoms with Gasteiger partial charge in [-0.3, -0.25) is 13.6 Å². The lowest BCUT2D eigenvalue weighted by atomic mass is 9.86. The minimum absolute atomic E-state index is 0. The van der Waals surface area contributed by atoms with E-state index in [4.69, 9.17) is 13.6 Å². The van der Waals surface area contributed by atoms with Gasteiger partial charge in [-0.2, -0.15) is 0 Å². The highest BCUT2D eigenvalue weighted by molar-refractivity contribution is 7.48. The van der Waals surface area contributed by atoms with Gasteiger partial charge in [0, 0.05) is 0 Å². The summed E-state index contributed by atoms with van der Waals surface area (Å²) in [6.45, 7) is 11.7. The van der Waals surface area contributed by atoms with Crippen LogP contribution in [0.1, 0.15) is 118 Å². The van der Waals surface area contributed by atoms with Crippen LogP contribution in [0.15, 0.2) is 0 Å². The van der Waals surface area contributed by atoms with E-state index >= 15 is 0 Å². The lowest BCUT2D eigenvalue weighted by molar-refractivity contribution is -0.0136. The lowest BCUT2D eigenvalue weighted by Crippen LogP contribution is -2.32. The molecule has 6 heteroatoms. The van der Waals surface area contributed by atoms with Crippen molar-refractivity contribution in [3.63, 3.8) is 0 Å². The lowest BCUT2D eigenvalue weighted by Gasteiger charge is -2.36. The van der Waals surface area contributed by atoms with E-state index < -0.39 is 7.82 Å². The van der Waals surface area contributed by atoms with Gasteiger partial charge in [-0.05, 0) is 32.1 Å². The minimum atomic E-state index is -3.52. The Labute approximate surface area is 169 Å². The van der Waals surface area contributed by atoms with Crippen molar-refractivity contribution in [3.05, 3.63) is 0 Å². The molecule has 0 heterocycles. The molecule has 0 saturated heterocycles. The van der Waals surface area contributed by atoms with Crippen molar-refractivity contribution in [1.29, 1.82) is 0 Å². The molecule has 3 N–H and O–H groups in total. The Hall–Kier alpha value is 0.0700. The monoisotopic (exact) mass is 409 g/mol. The highest BCUT2D eigenvalue weighted by atomic mass is 31.2. The second-order valence-corrected chi connectivity index (χ2v) is 9.00. The third-order valence-electron chi connectivity index (χ3n) is 4.76. The van der Waals surface area contributed by atoms with Crippen LogP contribution in [0, 0.1) is 0 Å². The van der Waals surface area contributed by atoms with Crippen molar-refractivity contribution in [2.24, 2.45) is 0 Å². The quantitative estimate of drug-likeness (QED) is 0.172. The van der Waals surface area contributed by atoms with Crippen LogP contribution < -0.4 is 6.15 Å². The van der Waals surface area contributed by atoms with Gasteiger partial charge in [-0.15, -0.1) is 0 Å². The van der Waals surface area contributed by atoms with E-state index in [9.17, 15) is 4.57 Å². The third-order valence-corrected chi connectivity index (χ3v) is 6.37. The first-order valence-electron chi connectivity index (χ1n) is 11.1. The first-order valence-corrected chi connectivity index (χ1v) is 12.6. The SMILES string of the molecule is CCCCOP(=O)(OCCCC)OC(CCCC)(CCCC)CCCC.N. The van der Waals surface area contributed by atoms with Crippen LogP contribution in [-0.4, -0.2) is 18.8 Å². The summed E-state index contributed by atoms with van der Waals surface area (Å²) in [5, 5.41) is 0. The fourth-order valence-electron chi connectivity index (χ4n) is 2.98. The van der Waals surface area contributed by atoms with Crippen molar-refractivity contribution < 1.29 is 18.1 Å². The molecular weight excluding hydrogens is 361 g/mol. The van der Waals surface area contributed by atoms with Crippen LogP contribution in [0.2, 0.25) is 0 Å². The van der Waals surface area contributed by atoms with E-state index in [1.54, 1.807) is 0 Å². The van der Waals surface area contributed by atoms with Gasteiger partial charge < -0.3 is 6.15 Å². The summed E-state index contributed by atoms with van der Waals surface area (Å²) >= 11 is 0. The summed E-state index contributed by atoms with van der Waals surface area (Å²) in [5.74, 6) is 0. The molecule has 5 nitrogen and oxygen atoms in total. The molecule has 27 heavy (non-hydrogen) atoms. The fourth-order valence-corrected chi connectivity index (χ4v) is 4.61. The van der Waals surface area contributed by atoms with E-state index in [2.05, 4.69) is 34.6 Å². The van der Waals surface area contributed by atoms with Gasteiger partial charge in [0.25, 0.3) is 0 Å². The van der Waals surface area contributed by atoms with E-state index in [1.807, 2.05) is 0 Å². The van der Waals surface area contributed by atoms with Gasteiger partial charge in [-0.1, -0.05) is 86.0 Å². The molecule has 0 aliphatic rings. The molecule has 166 valence electrons. The molecular formula is C21H48NO4P. The van der Waals surface area contributed by atoms with Crippen molar-refractivity contribution in [2.75, 3.05) is 13.2 Å². The Morgan fingerprint density at radius 2 is 0.963 bits per heavy atom. The normalized spacial score (nSPS) is 12.2. The number of unbranched alkanes of at least 4 members (excludes halogenated alkanes) is 5. The average molecular weight is 410 g/mol. The van der Waals surface area contributed by atoms with Crippen LogP contribution in [0.5, 0.6) is 0 Å². The number of hydrogen-bond acceptors (Lipinski definition) is 5. The first kappa shape index (κ1) is 29.3. The van der Waals surface area contributed by atoms with Gasteiger partial charge in [0.2, 0.25) is 0 Å². The second-order valence-electron chi connectivity index (χ2n) is 7.41. The van der Waals surface area contributed by atoms with Crippen molar-refractivity contribution in [2.45, 2.75) is 124 Å². The maximum Gasteiger partial charge on any atom is 0.475 e. The topological polar surface area (TPSA) is 79.8 Å². The summed E-state index contributed by atoms with van der Waals surface area (Å²) in [5.41, 5.74) is -0.379. The van der Waals surface area contributed by atoms with Crippen molar-refractivity contribution in [3.8, 4) is 0 Å². The van der Waals surface area contributed by atoms with E-state index in [0.29, 0.717) is 13.2 Å². The Morgan fingerprint density at radius 3 is 1.26 bits per heavy atom. The summed E-state index contributed by atoms with van der Waals surface area (Å²) in [4.78, 5) is 0. The van der Waals surface area contributed by atoms with Crippen LogP contribution in [-0.2, 0) is 18.1 Å². The highest BCUT2D eigenvalue weighted by Gasteiger charge is 2.40. The van der Waals surface area contributed by atoms with E-state index in [0.717, 1.165) is 83.5 Å². The molecule has 0 atom stereocenters. The molecule has 0 spiro atoms. The summed E-state index contributed by atoms with van der Waals surface area (Å²) in [6, 6.07) is 0. The van der Waals surface area contributed by atoms with Crippen molar-refractivity contribution in [1.82, 2.24) is 6.15 Å². The van der Waals surface area contributed by atoms with Crippen LogP contribution >= 0.6 is 7.82 Å². The maximum atomic E-state index is 13.4. The largest absolute Gasteiger partial charge is 0.475 e. The number of phosphoric ester groups is 1. The molecule has 0 aromatic carbocycles. The van der Waals surface area contributed by atoms with Gasteiger partial charge in [0.1, 0.15) is 0 Å². The smallest absolute Gasteiger partial charge is 0.344 e. The van der Waals surface area contributed by atoms with Gasteiger partial charge in [-0.25, -0.2) is 4.57 Å². The highest BCUT2D eigenvalue weighted by Crippen LogP contribution is 2.56.